The molecule has 0 amide bonds. The van der Waals surface area contributed by atoms with E-state index in [4.69, 9.17) is 4.74 Å². The molecule has 0 saturated carbocycles. The van der Waals surface area contributed by atoms with Crippen molar-refractivity contribution in [2.75, 3.05) is 12.4 Å². The Bertz CT molecular complexity index is 1160. The standard InChI is InChI=1S/C24H19N3O2S/c28-23(13-10-19-5-3-4-14-25-19)18-8-11-20(12-9-18)29-15-16-30-24-21-6-1-2-7-22(21)26-17-27-24/h1-14,17H,15-16H2/b13-10+. The maximum absolute atomic E-state index is 12.3. The van der Waals surface area contributed by atoms with Crippen LogP contribution in [0.4, 0.5) is 0 Å². The summed E-state index contributed by atoms with van der Waals surface area (Å²) in [7, 11) is 0. The zero-order valence-corrected chi connectivity index (χ0v) is 17.0. The van der Waals surface area contributed by atoms with E-state index in [2.05, 4.69) is 15.0 Å². The van der Waals surface area contributed by atoms with Gasteiger partial charge in [0.15, 0.2) is 5.78 Å². The van der Waals surface area contributed by atoms with Crippen LogP contribution in [-0.2, 0) is 0 Å². The third-order valence-electron chi connectivity index (χ3n) is 4.33. The van der Waals surface area contributed by atoms with Crippen molar-refractivity contribution in [2.45, 2.75) is 5.03 Å². The quantitative estimate of drug-likeness (QED) is 0.132. The molecule has 0 N–H and O–H groups in total. The van der Waals surface area contributed by atoms with Crippen LogP contribution in [0, 0.1) is 0 Å². The third-order valence-corrected chi connectivity index (χ3v) is 5.30. The summed E-state index contributed by atoms with van der Waals surface area (Å²) in [5.74, 6) is 1.42. The summed E-state index contributed by atoms with van der Waals surface area (Å²) in [6, 6.07) is 20.7. The Hall–Kier alpha value is -3.51. The van der Waals surface area contributed by atoms with Crippen LogP contribution in [-0.4, -0.2) is 33.1 Å². The smallest absolute Gasteiger partial charge is 0.185 e. The number of hydrogen-bond acceptors (Lipinski definition) is 6. The van der Waals surface area contributed by atoms with Crippen molar-refractivity contribution in [2.24, 2.45) is 0 Å². The van der Waals surface area contributed by atoms with Crippen LogP contribution < -0.4 is 4.74 Å². The van der Waals surface area contributed by atoms with Crippen LogP contribution in [0.25, 0.3) is 17.0 Å². The maximum atomic E-state index is 12.3. The van der Waals surface area contributed by atoms with Crippen molar-refractivity contribution >= 4 is 34.5 Å². The van der Waals surface area contributed by atoms with E-state index in [-0.39, 0.29) is 5.78 Å². The molecule has 0 aliphatic carbocycles. The highest BCUT2D eigenvalue weighted by Crippen LogP contribution is 2.24. The van der Waals surface area contributed by atoms with Crippen LogP contribution in [0.5, 0.6) is 5.75 Å². The molecule has 4 rings (SSSR count). The number of pyridine rings is 1. The summed E-state index contributed by atoms with van der Waals surface area (Å²) in [5.41, 5.74) is 2.30. The number of ketones is 1. The SMILES string of the molecule is O=C(/C=C/c1ccccn1)c1ccc(OCCSc2ncnc3ccccc23)cc1. The summed E-state index contributed by atoms with van der Waals surface area (Å²) in [4.78, 5) is 25.1. The number of carbonyl (C=O) groups is 1. The topological polar surface area (TPSA) is 65.0 Å². The minimum atomic E-state index is -0.0709. The lowest BCUT2D eigenvalue weighted by Crippen LogP contribution is -2.01. The zero-order chi connectivity index (χ0) is 20.6. The summed E-state index contributed by atoms with van der Waals surface area (Å²) < 4.78 is 5.80. The molecule has 6 heteroatoms. The summed E-state index contributed by atoms with van der Waals surface area (Å²) in [5, 5.41) is 2.00. The normalized spacial score (nSPS) is 11.1. The second-order valence-electron chi connectivity index (χ2n) is 6.37. The molecule has 5 nitrogen and oxygen atoms in total. The van der Waals surface area contributed by atoms with Crippen molar-refractivity contribution < 1.29 is 9.53 Å². The first-order valence-corrected chi connectivity index (χ1v) is 10.5. The lowest BCUT2D eigenvalue weighted by atomic mass is 10.1. The highest BCUT2D eigenvalue weighted by Gasteiger charge is 2.05. The molecular formula is C24H19N3O2S. The van der Waals surface area contributed by atoms with Gasteiger partial charge in [-0.3, -0.25) is 9.78 Å². The molecule has 2 aromatic carbocycles. The molecule has 0 spiro atoms. The number of benzene rings is 2. The van der Waals surface area contributed by atoms with Crippen LogP contribution in [0.1, 0.15) is 16.1 Å². The fourth-order valence-corrected chi connectivity index (χ4v) is 3.65. The van der Waals surface area contributed by atoms with Gasteiger partial charge in [0, 0.05) is 22.9 Å². The van der Waals surface area contributed by atoms with Gasteiger partial charge < -0.3 is 4.74 Å². The Morgan fingerprint density at radius 3 is 2.60 bits per heavy atom. The Balaban J connectivity index is 1.28. The van der Waals surface area contributed by atoms with Crippen LogP contribution in [0.3, 0.4) is 0 Å². The lowest BCUT2D eigenvalue weighted by Gasteiger charge is -2.07. The van der Waals surface area contributed by atoms with Crippen molar-refractivity contribution in [1.82, 2.24) is 15.0 Å². The molecule has 0 atom stereocenters. The van der Waals surface area contributed by atoms with Gasteiger partial charge in [0.2, 0.25) is 0 Å². The van der Waals surface area contributed by atoms with Crippen molar-refractivity contribution in [1.29, 1.82) is 0 Å². The molecule has 30 heavy (non-hydrogen) atoms. The van der Waals surface area contributed by atoms with Gasteiger partial charge in [0.05, 0.1) is 17.8 Å². The minimum Gasteiger partial charge on any atom is -0.493 e. The highest BCUT2D eigenvalue weighted by molar-refractivity contribution is 7.99. The number of fused-ring (bicyclic) bond motifs is 1. The molecule has 0 aliphatic rings. The Labute approximate surface area is 178 Å². The molecule has 2 heterocycles. The van der Waals surface area contributed by atoms with E-state index >= 15 is 0 Å². The molecule has 4 aromatic rings. The molecule has 2 aromatic heterocycles. The predicted molar refractivity (Wildman–Crippen MR) is 120 cm³/mol. The largest absolute Gasteiger partial charge is 0.493 e. The molecule has 0 unspecified atom stereocenters. The second-order valence-corrected chi connectivity index (χ2v) is 7.45. The third kappa shape index (κ3) is 5.10. The summed E-state index contributed by atoms with van der Waals surface area (Å²) >= 11 is 1.64. The zero-order valence-electron chi connectivity index (χ0n) is 16.1. The van der Waals surface area contributed by atoms with Gasteiger partial charge in [0.1, 0.15) is 17.1 Å². The van der Waals surface area contributed by atoms with Crippen molar-refractivity contribution in [3.05, 3.63) is 96.6 Å². The number of ether oxygens (including phenoxy) is 1. The monoisotopic (exact) mass is 413 g/mol. The summed E-state index contributed by atoms with van der Waals surface area (Å²) in [6.45, 7) is 0.538. The van der Waals surface area contributed by atoms with Gasteiger partial charge in [-0.15, -0.1) is 11.8 Å². The van der Waals surface area contributed by atoms with E-state index < -0.39 is 0 Å². The molecule has 0 bridgehead atoms. The maximum Gasteiger partial charge on any atom is 0.185 e. The summed E-state index contributed by atoms with van der Waals surface area (Å²) in [6.07, 6.45) is 6.52. The van der Waals surface area contributed by atoms with Crippen LogP contribution >= 0.6 is 11.8 Å². The Morgan fingerprint density at radius 2 is 1.77 bits per heavy atom. The number of para-hydroxylation sites is 1. The first kappa shape index (κ1) is 19.8. The average Bonchev–Trinajstić information content (AvgIpc) is 2.81. The molecule has 0 aliphatic heterocycles. The molecule has 0 saturated heterocycles. The average molecular weight is 414 g/mol. The molecule has 0 fully saturated rings. The first-order valence-electron chi connectivity index (χ1n) is 9.48. The van der Waals surface area contributed by atoms with Crippen LogP contribution in [0.2, 0.25) is 0 Å². The number of nitrogens with zero attached hydrogens (tertiary/aromatic N) is 3. The van der Waals surface area contributed by atoms with Gasteiger partial charge in [-0.1, -0.05) is 24.3 Å². The van der Waals surface area contributed by atoms with E-state index in [1.165, 1.54) is 6.08 Å². The van der Waals surface area contributed by atoms with E-state index in [0.717, 1.165) is 33.1 Å². The Kier molecular flexibility index (Phi) is 6.47. The van der Waals surface area contributed by atoms with E-state index in [1.54, 1.807) is 42.5 Å². The predicted octanol–water partition coefficient (Wildman–Crippen LogP) is 5.09. The second kappa shape index (κ2) is 9.80. The first-order chi connectivity index (χ1) is 14.8. The van der Waals surface area contributed by atoms with E-state index in [9.17, 15) is 4.79 Å². The van der Waals surface area contributed by atoms with Gasteiger partial charge >= 0.3 is 0 Å². The van der Waals surface area contributed by atoms with Gasteiger partial charge in [-0.05, 0) is 54.6 Å². The number of hydrogen-bond donors (Lipinski definition) is 0. The number of aromatic nitrogens is 3. The van der Waals surface area contributed by atoms with Crippen LogP contribution in [0.15, 0.2) is 90.4 Å². The van der Waals surface area contributed by atoms with Crippen molar-refractivity contribution in [3.63, 3.8) is 0 Å². The van der Waals surface area contributed by atoms with Gasteiger partial charge in [-0.2, -0.15) is 0 Å². The van der Waals surface area contributed by atoms with Gasteiger partial charge in [-0.25, -0.2) is 9.97 Å². The lowest BCUT2D eigenvalue weighted by molar-refractivity contribution is 0.104. The number of thioether (sulfide) groups is 1. The fourth-order valence-electron chi connectivity index (χ4n) is 2.84. The number of rotatable bonds is 8. The number of allylic oxidation sites excluding steroid dienone is 1. The van der Waals surface area contributed by atoms with Gasteiger partial charge in [0.25, 0.3) is 0 Å². The highest BCUT2D eigenvalue weighted by atomic mass is 32.2. The minimum absolute atomic E-state index is 0.0709. The molecular weight excluding hydrogens is 394 g/mol. The fraction of sp³-hybridized carbons (Fsp3) is 0.0833. The van der Waals surface area contributed by atoms with E-state index in [0.29, 0.717) is 12.2 Å². The molecule has 0 radical (unpaired) electrons. The Morgan fingerprint density at radius 1 is 0.933 bits per heavy atom. The van der Waals surface area contributed by atoms with E-state index in [1.807, 2.05) is 54.6 Å². The molecule has 148 valence electrons. The number of carbonyl (C=O) groups excluding carboxylic acids is 1. The van der Waals surface area contributed by atoms with Crippen molar-refractivity contribution in [3.8, 4) is 5.75 Å².